The third kappa shape index (κ3) is 3.55. The summed E-state index contributed by atoms with van der Waals surface area (Å²) in [6.07, 6.45) is 0. The first-order chi connectivity index (χ1) is 8.24. The van der Waals surface area contributed by atoms with Crippen LogP contribution in [-0.2, 0) is 9.47 Å². The third-order valence-corrected chi connectivity index (χ3v) is 2.01. The van der Waals surface area contributed by atoms with Gasteiger partial charge in [0, 0.05) is 0 Å². The molecular formula is C13H15FO4. The number of carbonyl (C=O) groups excluding carboxylic acids is 2. The van der Waals surface area contributed by atoms with Gasteiger partial charge in [-0.05, 0) is 39.0 Å². The second-order valence-electron chi connectivity index (χ2n) is 4.69. The molecule has 0 amide bonds. The number of benzene rings is 1. The van der Waals surface area contributed by atoms with Gasteiger partial charge in [0.15, 0.2) is 0 Å². The molecule has 0 heterocycles. The van der Waals surface area contributed by atoms with E-state index in [0.717, 1.165) is 6.07 Å². The molecule has 18 heavy (non-hydrogen) atoms. The maximum atomic E-state index is 13.7. The van der Waals surface area contributed by atoms with Crippen molar-refractivity contribution in [2.75, 3.05) is 7.11 Å². The Morgan fingerprint density at radius 1 is 1.17 bits per heavy atom. The highest BCUT2D eigenvalue weighted by molar-refractivity contribution is 5.93. The lowest BCUT2D eigenvalue weighted by molar-refractivity contribution is 0.00642. The molecule has 0 saturated carbocycles. The van der Waals surface area contributed by atoms with Crippen LogP contribution in [0.15, 0.2) is 18.2 Å². The normalized spacial score (nSPS) is 10.9. The Balaban J connectivity index is 2.99. The molecule has 1 rings (SSSR count). The van der Waals surface area contributed by atoms with Crippen LogP contribution in [0.1, 0.15) is 41.5 Å². The minimum Gasteiger partial charge on any atom is -0.465 e. The lowest BCUT2D eigenvalue weighted by atomic mass is 10.1. The van der Waals surface area contributed by atoms with Crippen molar-refractivity contribution in [2.24, 2.45) is 0 Å². The van der Waals surface area contributed by atoms with Crippen LogP contribution in [0.2, 0.25) is 0 Å². The van der Waals surface area contributed by atoms with Gasteiger partial charge in [-0.1, -0.05) is 0 Å². The molecule has 0 aliphatic rings. The van der Waals surface area contributed by atoms with Crippen molar-refractivity contribution in [3.05, 3.63) is 35.1 Å². The van der Waals surface area contributed by atoms with Crippen molar-refractivity contribution < 1.29 is 23.5 Å². The van der Waals surface area contributed by atoms with E-state index in [-0.39, 0.29) is 11.1 Å². The summed E-state index contributed by atoms with van der Waals surface area (Å²) >= 11 is 0. The minimum atomic E-state index is -0.813. The van der Waals surface area contributed by atoms with Gasteiger partial charge in [0.2, 0.25) is 0 Å². The minimum absolute atomic E-state index is 0.0438. The number of hydrogen-bond acceptors (Lipinski definition) is 4. The third-order valence-electron chi connectivity index (χ3n) is 2.01. The summed E-state index contributed by atoms with van der Waals surface area (Å²) in [5.41, 5.74) is -0.871. The van der Waals surface area contributed by atoms with E-state index in [4.69, 9.17) is 4.74 Å². The molecule has 0 bridgehead atoms. The largest absolute Gasteiger partial charge is 0.465 e. The van der Waals surface area contributed by atoms with Crippen molar-refractivity contribution in [2.45, 2.75) is 26.4 Å². The molecule has 4 nitrogen and oxygen atoms in total. The summed E-state index contributed by atoms with van der Waals surface area (Å²) in [7, 11) is 1.20. The zero-order valence-electron chi connectivity index (χ0n) is 10.7. The highest BCUT2D eigenvalue weighted by Gasteiger charge is 2.21. The fourth-order valence-corrected chi connectivity index (χ4v) is 1.26. The standard InChI is InChI=1S/C13H15FO4/c1-13(2,3)18-12(16)9-6-5-8(7-10(9)14)11(15)17-4/h5-7H,1-4H3. The van der Waals surface area contributed by atoms with Gasteiger partial charge in [-0.3, -0.25) is 0 Å². The number of carbonyl (C=O) groups is 2. The molecule has 98 valence electrons. The van der Waals surface area contributed by atoms with E-state index in [1.54, 1.807) is 20.8 Å². The smallest absolute Gasteiger partial charge is 0.341 e. The molecule has 5 heteroatoms. The Morgan fingerprint density at radius 2 is 1.78 bits per heavy atom. The molecule has 1 aromatic rings. The molecule has 0 saturated heterocycles. The number of rotatable bonds is 2. The highest BCUT2D eigenvalue weighted by Crippen LogP contribution is 2.16. The molecular weight excluding hydrogens is 239 g/mol. The molecule has 1 aromatic carbocycles. The van der Waals surface area contributed by atoms with E-state index in [1.165, 1.54) is 19.2 Å². The van der Waals surface area contributed by atoms with Gasteiger partial charge in [0.1, 0.15) is 11.4 Å². The fraction of sp³-hybridized carbons (Fsp3) is 0.385. The Bertz CT molecular complexity index is 474. The fourth-order valence-electron chi connectivity index (χ4n) is 1.26. The van der Waals surface area contributed by atoms with Crippen molar-refractivity contribution in [3.8, 4) is 0 Å². The van der Waals surface area contributed by atoms with Crippen LogP contribution in [0.5, 0.6) is 0 Å². The molecule has 0 N–H and O–H groups in total. The van der Waals surface area contributed by atoms with E-state index in [0.29, 0.717) is 0 Å². The van der Waals surface area contributed by atoms with Gasteiger partial charge < -0.3 is 9.47 Å². The summed E-state index contributed by atoms with van der Waals surface area (Å²) < 4.78 is 23.2. The second kappa shape index (κ2) is 5.16. The van der Waals surface area contributed by atoms with E-state index in [2.05, 4.69) is 4.74 Å². The van der Waals surface area contributed by atoms with Crippen LogP contribution >= 0.6 is 0 Å². The number of methoxy groups -OCH3 is 1. The Hall–Kier alpha value is -1.91. The molecule has 0 aliphatic carbocycles. The predicted molar refractivity (Wildman–Crippen MR) is 62.9 cm³/mol. The van der Waals surface area contributed by atoms with E-state index >= 15 is 0 Å². The van der Waals surface area contributed by atoms with Crippen molar-refractivity contribution in [1.82, 2.24) is 0 Å². The maximum absolute atomic E-state index is 13.7. The monoisotopic (exact) mass is 254 g/mol. The van der Waals surface area contributed by atoms with Gasteiger partial charge in [0.25, 0.3) is 0 Å². The number of esters is 2. The van der Waals surface area contributed by atoms with Crippen molar-refractivity contribution in [1.29, 1.82) is 0 Å². The van der Waals surface area contributed by atoms with Crippen LogP contribution < -0.4 is 0 Å². The summed E-state index contributed by atoms with van der Waals surface area (Å²) in [6.45, 7) is 5.06. The summed E-state index contributed by atoms with van der Waals surface area (Å²) in [5.74, 6) is -2.24. The molecule has 0 aliphatic heterocycles. The Kier molecular flexibility index (Phi) is 4.06. The zero-order chi connectivity index (χ0) is 13.9. The quantitative estimate of drug-likeness (QED) is 0.761. The van der Waals surface area contributed by atoms with Gasteiger partial charge in [-0.2, -0.15) is 0 Å². The average molecular weight is 254 g/mol. The van der Waals surface area contributed by atoms with Crippen LogP contribution in [-0.4, -0.2) is 24.6 Å². The zero-order valence-corrected chi connectivity index (χ0v) is 10.7. The molecule has 0 fully saturated rings. The number of hydrogen-bond donors (Lipinski definition) is 0. The average Bonchev–Trinajstić information content (AvgIpc) is 2.25. The van der Waals surface area contributed by atoms with Crippen molar-refractivity contribution in [3.63, 3.8) is 0 Å². The first-order valence-electron chi connectivity index (χ1n) is 5.36. The SMILES string of the molecule is COC(=O)c1ccc(C(=O)OC(C)(C)C)c(F)c1. The number of halogens is 1. The Labute approximate surface area is 105 Å². The molecule has 0 atom stereocenters. The maximum Gasteiger partial charge on any atom is 0.341 e. The number of ether oxygens (including phenoxy) is 2. The summed E-state index contributed by atoms with van der Waals surface area (Å²) in [5, 5.41) is 0. The predicted octanol–water partition coefficient (Wildman–Crippen LogP) is 2.57. The Morgan fingerprint density at radius 3 is 2.22 bits per heavy atom. The molecule has 0 radical (unpaired) electrons. The lowest BCUT2D eigenvalue weighted by Crippen LogP contribution is -2.24. The first kappa shape index (κ1) is 14.2. The summed E-state index contributed by atoms with van der Waals surface area (Å²) in [6, 6.07) is 3.47. The van der Waals surface area contributed by atoms with Gasteiger partial charge in [-0.15, -0.1) is 0 Å². The van der Waals surface area contributed by atoms with E-state index in [9.17, 15) is 14.0 Å². The van der Waals surface area contributed by atoms with E-state index in [1.807, 2.05) is 0 Å². The van der Waals surface area contributed by atoms with Gasteiger partial charge in [0.05, 0.1) is 18.2 Å². The van der Waals surface area contributed by atoms with Crippen LogP contribution in [0.3, 0.4) is 0 Å². The lowest BCUT2D eigenvalue weighted by Gasteiger charge is -2.19. The highest BCUT2D eigenvalue weighted by atomic mass is 19.1. The van der Waals surface area contributed by atoms with Crippen LogP contribution in [0.25, 0.3) is 0 Å². The topological polar surface area (TPSA) is 52.6 Å². The molecule has 0 aromatic heterocycles. The van der Waals surface area contributed by atoms with Crippen LogP contribution in [0.4, 0.5) is 4.39 Å². The van der Waals surface area contributed by atoms with Crippen molar-refractivity contribution >= 4 is 11.9 Å². The van der Waals surface area contributed by atoms with Crippen LogP contribution in [0, 0.1) is 5.82 Å². The molecule has 0 spiro atoms. The van der Waals surface area contributed by atoms with Gasteiger partial charge >= 0.3 is 11.9 Å². The first-order valence-corrected chi connectivity index (χ1v) is 5.36. The van der Waals surface area contributed by atoms with Gasteiger partial charge in [-0.25, -0.2) is 14.0 Å². The second-order valence-corrected chi connectivity index (χ2v) is 4.69. The molecule has 0 unspecified atom stereocenters. The summed E-state index contributed by atoms with van der Waals surface area (Å²) in [4.78, 5) is 22.8. The van der Waals surface area contributed by atoms with E-state index < -0.39 is 23.4 Å².